The smallest absolute Gasteiger partial charge is 0.126 e. The molecule has 1 aromatic rings. The van der Waals surface area contributed by atoms with Crippen LogP contribution < -0.4 is 4.74 Å². The van der Waals surface area contributed by atoms with Gasteiger partial charge < -0.3 is 4.74 Å². The molecule has 0 amide bonds. The summed E-state index contributed by atoms with van der Waals surface area (Å²) in [5, 5.41) is 0.841. The Morgan fingerprint density at radius 2 is 2.12 bits per heavy atom. The Bertz CT molecular complexity index is 372. The summed E-state index contributed by atoms with van der Waals surface area (Å²) in [5.41, 5.74) is 2.44. The van der Waals surface area contributed by atoms with Crippen molar-refractivity contribution in [2.75, 3.05) is 6.61 Å². The van der Waals surface area contributed by atoms with Crippen LogP contribution in [0.2, 0.25) is 0 Å². The van der Waals surface area contributed by atoms with Crippen molar-refractivity contribution in [3.63, 3.8) is 0 Å². The molecular formula is C13H16Br2O. The molecule has 0 aromatic heterocycles. The molecule has 0 radical (unpaired) electrons. The largest absolute Gasteiger partial charge is 0.493 e. The first-order chi connectivity index (χ1) is 7.70. The van der Waals surface area contributed by atoms with Crippen LogP contribution in [0.3, 0.4) is 0 Å². The van der Waals surface area contributed by atoms with E-state index in [1.807, 2.05) is 0 Å². The van der Waals surface area contributed by atoms with Gasteiger partial charge in [0.1, 0.15) is 5.75 Å². The maximum atomic E-state index is 5.97. The molecule has 1 aliphatic rings. The molecule has 0 saturated heterocycles. The van der Waals surface area contributed by atoms with E-state index in [9.17, 15) is 0 Å². The zero-order valence-electron chi connectivity index (χ0n) is 9.43. The van der Waals surface area contributed by atoms with Crippen molar-refractivity contribution in [3.05, 3.63) is 27.7 Å². The summed E-state index contributed by atoms with van der Waals surface area (Å²) in [4.78, 5) is 0. The quantitative estimate of drug-likeness (QED) is 0.708. The van der Waals surface area contributed by atoms with Crippen molar-refractivity contribution in [1.82, 2.24) is 0 Å². The van der Waals surface area contributed by atoms with Gasteiger partial charge in [0.05, 0.1) is 6.61 Å². The number of ether oxygens (including phenoxy) is 1. The zero-order chi connectivity index (χ0) is 11.5. The Morgan fingerprint density at radius 1 is 1.38 bits per heavy atom. The Labute approximate surface area is 114 Å². The van der Waals surface area contributed by atoms with Crippen LogP contribution in [0.1, 0.15) is 30.4 Å². The van der Waals surface area contributed by atoms with Crippen molar-refractivity contribution in [2.45, 2.75) is 31.5 Å². The van der Waals surface area contributed by atoms with Crippen molar-refractivity contribution >= 4 is 31.9 Å². The summed E-state index contributed by atoms with van der Waals surface area (Å²) in [6, 6.07) is 4.24. The minimum absolute atomic E-state index is 0.784. The number of alkyl halides is 1. The second-order valence-electron chi connectivity index (χ2n) is 4.45. The number of hydrogen-bond donors (Lipinski definition) is 0. The topological polar surface area (TPSA) is 9.23 Å². The fourth-order valence-corrected chi connectivity index (χ4v) is 3.00. The molecule has 1 aromatic carbocycles. The predicted molar refractivity (Wildman–Crippen MR) is 74.3 cm³/mol. The van der Waals surface area contributed by atoms with E-state index in [0.717, 1.165) is 28.1 Å². The molecule has 88 valence electrons. The molecule has 1 aliphatic carbocycles. The lowest BCUT2D eigenvalue weighted by molar-refractivity contribution is 0.179. The third-order valence-corrected chi connectivity index (χ3v) is 4.21. The van der Waals surface area contributed by atoms with Crippen molar-refractivity contribution in [1.29, 1.82) is 0 Å². The van der Waals surface area contributed by atoms with Crippen LogP contribution in [0.25, 0.3) is 0 Å². The van der Waals surface area contributed by atoms with Gasteiger partial charge in [-0.15, -0.1) is 0 Å². The Hall–Kier alpha value is -0.0200. The monoisotopic (exact) mass is 346 g/mol. The highest BCUT2D eigenvalue weighted by molar-refractivity contribution is 9.10. The van der Waals surface area contributed by atoms with Gasteiger partial charge in [0, 0.05) is 15.4 Å². The second-order valence-corrected chi connectivity index (χ2v) is 5.93. The van der Waals surface area contributed by atoms with Crippen LogP contribution in [0, 0.1) is 12.8 Å². The van der Waals surface area contributed by atoms with E-state index in [1.165, 1.54) is 30.4 Å². The molecule has 0 spiro atoms. The second kappa shape index (κ2) is 5.54. The molecule has 2 rings (SSSR count). The standard InChI is InChI=1S/C13H16Br2O/c1-9-5-12(15)6-11(7-14)13(9)16-8-10-3-2-4-10/h5-6,10H,2-4,7-8H2,1H3. The summed E-state index contributed by atoms with van der Waals surface area (Å²) >= 11 is 7.03. The summed E-state index contributed by atoms with van der Waals surface area (Å²) in [5.74, 6) is 1.85. The van der Waals surface area contributed by atoms with Gasteiger partial charge >= 0.3 is 0 Å². The van der Waals surface area contributed by atoms with Gasteiger partial charge in [-0.05, 0) is 43.4 Å². The first kappa shape index (κ1) is 12.4. The van der Waals surface area contributed by atoms with Crippen LogP contribution in [-0.2, 0) is 5.33 Å². The minimum Gasteiger partial charge on any atom is -0.493 e. The molecule has 1 fully saturated rings. The summed E-state index contributed by atoms with van der Waals surface area (Å²) in [7, 11) is 0. The van der Waals surface area contributed by atoms with Crippen LogP contribution >= 0.6 is 31.9 Å². The van der Waals surface area contributed by atoms with Gasteiger partial charge in [0.2, 0.25) is 0 Å². The van der Waals surface area contributed by atoms with Crippen molar-refractivity contribution in [2.24, 2.45) is 5.92 Å². The molecule has 3 heteroatoms. The Morgan fingerprint density at radius 3 is 2.69 bits per heavy atom. The Balaban J connectivity index is 2.10. The van der Waals surface area contributed by atoms with Crippen molar-refractivity contribution in [3.8, 4) is 5.75 Å². The molecule has 0 bridgehead atoms. The van der Waals surface area contributed by atoms with Crippen LogP contribution in [0.15, 0.2) is 16.6 Å². The fourth-order valence-electron chi connectivity index (χ4n) is 1.97. The summed E-state index contributed by atoms with van der Waals surface area (Å²) < 4.78 is 7.09. The van der Waals surface area contributed by atoms with E-state index in [2.05, 4.69) is 50.9 Å². The lowest BCUT2D eigenvalue weighted by Crippen LogP contribution is -2.19. The van der Waals surface area contributed by atoms with Crippen LogP contribution in [0.4, 0.5) is 0 Å². The number of rotatable bonds is 4. The van der Waals surface area contributed by atoms with E-state index in [1.54, 1.807) is 0 Å². The highest BCUT2D eigenvalue weighted by Gasteiger charge is 2.19. The molecule has 16 heavy (non-hydrogen) atoms. The molecule has 0 unspecified atom stereocenters. The molecule has 1 nitrogen and oxygen atoms in total. The number of hydrogen-bond acceptors (Lipinski definition) is 1. The average Bonchev–Trinajstić information content (AvgIpc) is 2.17. The van der Waals surface area contributed by atoms with Gasteiger partial charge in [-0.25, -0.2) is 0 Å². The summed E-state index contributed by atoms with van der Waals surface area (Å²) in [6.07, 6.45) is 4.04. The number of halogens is 2. The van der Waals surface area contributed by atoms with E-state index >= 15 is 0 Å². The normalized spacial score (nSPS) is 15.9. The summed E-state index contributed by atoms with van der Waals surface area (Å²) in [6.45, 7) is 2.98. The molecular weight excluding hydrogens is 332 g/mol. The zero-order valence-corrected chi connectivity index (χ0v) is 12.6. The highest BCUT2D eigenvalue weighted by Crippen LogP contribution is 2.32. The predicted octanol–water partition coefficient (Wildman–Crippen LogP) is 4.83. The number of aryl methyl sites for hydroxylation is 1. The SMILES string of the molecule is Cc1cc(Br)cc(CBr)c1OCC1CCC1. The first-order valence-corrected chi connectivity index (χ1v) is 7.60. The molecule has 0 heterocycles. The van der Waals surface area contributed by atoms with Gasteiger partial charge in [0.15, 0.2) is 0 Å². The molecule has 1 saturated carbocycles. The lowest BCUT2D eigenvalue weighted by atomic mass is 9.86. The minimum atomic E-state index is 0.784. The maximum absolute atomic E-state index is 5.97. The van der Waals surface area contributed by atoms with E-state index in [0.29, 0.717) is 0 Å². The molecule has 0 N–H and O–H groups in total. The van der Waals surface area contributed by atoms with Gasteiger partial charge in [-0.2, -0.15) is 0 Å². The fraction of sp³-hybridized carbons (Fsp3) is 0.538. The van der Waals surface area contributed by atoms with Gasteiger partial charge in [-0.1, -0.05) is 38.3 Å². The van der Waals surface area contributed by atoms with E-state index < -0.39 is 0 Å². The van der Waals surface area contributed by atoms with Crippen molar-refractivity contribution < 1.29 is 4.74 Å². The third-order valence-electron chi connectivity index (χ3n) is 3.15. The van der Waals surface area contributed by atoms with E-state index in [-0.39, 0.29) is 0 Å². The first-order valence-electron chi connectivity index (χ1n) is 5.68. The van der Waals surface area contributed by atoms with Crippen LogP contribution in [0.5, 0.6) is 5.75 Å². The maximum Gasteiger partial charge on any atom is 0.126 e. The van der Waals surface area contributed by atoms with Crippen LogP contribution in [-0.4, -0.2) is 6.61 Å². The van der Waals surface area contributed by atoms with E-state index in [4.69, 9.17) is 4.74 Å². The molecule has 0 atom stereocenters. The Kier molecular flexibility index (Phi) is 4.31. The lowest BCUT2D eigenvalue weighted by Gasteiger charge is -2.26. The number of benzene rings is 1. The third kappa shape index (κ3) is 2.80. The average molecular weight is 348 g/mol. The van der Waals surface area contributed by atoms with Gasteiger partial charge in [-0.3, -0.25) is 0 Å². The highest BCUT2D eigenvalue weighted by atomic mass is 79.9. The molecule has 0 aliphatic heterocycles. The van der Waals surface area contributed by atoms with Gasteiger partial charge in [0.25, 0.3) is 0 Å².